The van der Waals surface area contributed by atoms with E-state index in [4.69, 9.17) is 5.26 Å². The van der Waals surface area contributed by atoms with Crippen molar-refractivity contribution < 1.29 is 13.5 Å². The lowest BCUT2D eigenvalue weighted by molar-refractivity contribution is 0.0840. The molecule has 0 saturated carbocycles. The van der Waals surface area contributed by atoms with Crippen LogP contribution in [-0.2, 0) is 9.84 Å². The monoisotopic (exact) mass is 341 g/mol. The number of rotatable bonds is 6. The van der Waals surface area contributed by atoms with Gasteiger partial charge in [-0.05, 0) is 29.8 Å². The van der Waals surface area contributed by atoms with E-state index in [0.717, 1.165) is 0 Å². The van der Waals surface area contributed by atoms with Gasteiger partial charge in [-0.15, -0.1) is 6.58 Å². The minimum atomic E-state index is -3.58. The fourth-order valence-corrected chi connectivity index (χ4v) is 4.32. The minimum Gasteiger partial charge on any atom is -0.387 e. The number of hydrogen-bond acceptors (Lipinski definition) is 4. The summed E-state index contributed by atoms with van der Waals surface area (Å²) in [5.74, 6) is -0.269. The molecule has 124 valence electrons. The zero-order valence-electron chi connectivity index (χ0n) is 13.4. The van der Waals surface area contributed by atoms with Gasteiger partial charge in [-0.1, -0.05) is 43.3 Å². The van der Waals surface area contributed by atoms with Gasteiger partial charge in [-0.25, -0.2) is 8.42 Å². The highest BCUT2D eigenvalue weighted by Crippen LogP contribution is 2.37. The number of aliphatic hydroxyl groups excluding tert-OH is 1. The quantitative estimate of drug-likeness (QED) is 0.818. The van der Waals surface area contributed by atoms with Crippen molar-refractivity contribution >= 4 is 9.84 Å². The highest BCUT2D eigenvalue weighted by molar-refractivity contribution is 7.91. The Balaban J connectivity index is 2.33. The second kappa shape index (κ2) is 7.00. The summed E-state index contributed by atoms with van der Waals surface area (Å²) < 4.78 is 25.3. The van der Waals surface area contributed by atoms with Crippen LogP contribution in [0.25, 0.3) is 0 Å². The molecule has 4 nitrogen and oxygen atoms in total. The second-order valence-corrected chi connectivity index (χ2v) is 7.91. The fraction of sp³-hybridized carbons (Fsp3) is 0.211. The van der Waals surface area contributed by atoms with Gasteiger partial charge in [0, 0.05) is 5.41 Å². The van der Waals surface area contributed by atoms with Gasteiger partial charge in [-0.2, -0.15) is 5.26 Å². The van der Waals surface area contributed by atoms with Crippen molar-refractivity contribution in [2.75, 3.05) is 5.75 Å². The van der Waals surface area contributed by atoms with E-state index in [1.807, 2.05) is 6.07 Å². The molecule has 0 aliphatic carbocycles. The number of benzene rings is 2. The van der Waals surface area contributed by atoms with Gasteiger partial charge in [0.05, 0.1) is 28.4 Å². The summed E-state index contributed by atoms with van der Waals surface area (Å²) in [6.45, 7) is 5.37. The van der Waals surface area contributed by atoms with Gasteiger partial charge in [0.25, 0.3) is 0 Å². The Labute approximate surface area is 142 Å². The van der Waals surface area contributed by atoms with Crippen molar-refractivity contribution in [1.82, 2.24) is 0 Å². The van der Waals surface area contributed by atoms with Gasteiger partial charge in [0.15, 0.2) is 9.84 Å². The molecule has 0 amide bonds. The summed E-state index contributed by atoms with van der Waals surface area (Å²) in [5.41, 5.74) is -0.0501. The van der Waals surface area contributed by atoms with E-state index in [2.05, 4.69) is 6.58 Å². The number of hydrogen-bond donors (Lipinski definition) is 1. The molecule has 0 saturated heterocycles. The number of nitriles is 1. The molecule has 0 heterocycles. The van der Waals surface area contributed by atoms with Crippen molar-refractivity contribution in [3.8, 4) is 6.07 Å². The van der Waals surface area contributed by atoms with Crippen LogP contribution in [0.4, 0.5) is 0 Å². The lowest BCUT2D eigenvalue weighted by Gasteiger charge is -2.31. The molecule has 2 atom stereocenters. The van der Waals surface area contributed by atoms with Crippen molar-refractivity contribution in [1.29, 1.82) is 5.26 Å². The summed E-state index contributed by atoms with van der Waals surface area (Å²) in [4.78, 5) is 0.213. The van der Waals surface area contributed by atoms with Crippen LogP contribution in [0.2, 0.25) is 0 Å². The number of nitrogens with zero attached hydrogens (tertiary/aromatic N) is 1. The van der Waals surface area contributed by atoms with Crippen LogP contribution < -0.4 is 0 Å². The number of aliphatic hydroxyl groups is 1. The molecule has 2 aromatic rings. The average molecular weight is 341 g/mol. The van der Waals surface area contributed by atoms with Gasteiger partial charge in [0.2, 0.25) is 0 Å². The Morgan fingerprint density at radius 2 is 1.79 bits per heavy atom. The van der Waals surface area contributed by atoms with Crippen LogP contribution >= 0.6 is 0 Å². The Bertz CT molecular complexity index is 852. The van der Waals surface area contributed by atoms with E-state index < -0.39 is 21.4 Å². The molecule has 2 rings (SSSR count). The molecule has 0 spiro atoms. The van der Waals surface area contributed by atoms with E-state index in [1.54, 1.807) is 49.4 Å². The molecule has 0 fully saturated rings. The third-order valence-electron chi connectivity index (χ3n) is 4.05. The largest absolute Gasteiger partial charge is 0.387 e. The summed E-state index contributed by atoms with van der Waals surface area (Å²) >= 11 is 0. The lowest BCUT2D eigenvalue weighted by Crippen LogP contribution is -2.32. The molecule has 0 bridgehead atoms. The SMILES string of the molecule is C=C[C@@](C)(CS(=O)(=O)c1ccccc1)[C@@H](O)c1ccc(C#N)cc1. The van der Waals surface area contributed by atoms with Crippen LogP contribution in [0.5, 0.6) is 0 Å². The molecule has 2 aromatic carbocycles. The highest BCUT2D eigenvalue weighted by Gasteiger charge is 2.36. The summed E-state index contributed by atoms with van der Waals surface area (Å²) in [6.07, 6.45) is 0.414. The van der Waals surface area contributed by atoms with E-state index in [0.29, 0.717) is 11.1 Å². The molecule has 5 heteroatoms. The van der Waals surface area contributed by atoms with Crippen LogP contribution in [0.3, 0.4) is 0 Å². The topological polar surface area (TPSA) is 78.2 Å². The molecule has 0 aromatic heterocycles. The maximum absolute atomic E-state index is 12.6. The number of sulfone groups is 1. The first-order chi connectivity index (χ1) is 11.3. The summed E-state index contributed by atoms with van der Waals surface area (Å²) in [5, 5.41) is 19.5. The molecule has 0 aliphatic rings. The Morgan fingerprint density at radius 3 is 2.29 bits per heavy atom. The van der Waals surface area contributed by atoms with Crippen LogP contribution in [0, 0.1) is 16.7 Å². The predicted octanol–water partition coefficient (Wildman–Crippen LogP) is 3.26. The molecule has 1 N–H and O–H groups in total. The first kappa shape index (κ1) is 17.9. The second-order valence-electron chi connectivity index (χ2n) is 5.92. The van der Waals surface area contributed by atoms with Crippen LogP contribution in [-0.4, -0.2) is 19.3 Å². The molecule has 0 unspecified atom stereocenters. The smallest absolute Gasteiger partial charge is 0.179 e. The van der Waals surface area contributed by atoms with Crippen LogP contribution in [0.1, 0.15) is 24.2 Å². The molecule has 0 aliphatic heterocycles. The third-order valence-corrected chi connectivity index (χ3v) is 6.04. The lowest BCUT2D eigenvalue weighted by atomic mass is 9.82. The zero-order valence-corrected chi connectivity index (χ0v) is 14.2. The Morgan fingerprint density at radius 1 is 1.21 bits per heavy atom. The summed E-state index contributed by atoms with van der Waals surface area (Å²) in [7, 11) is -3.58. The molecular formula is C19H19NO3S. The Kier molecular flexibility index (Phi) is 5.23. The minimum absolute atomic E-state index is 0.213. The Hall–Kier alpha value is -2.42. The van der Waals surface area contributed by atoms with Crippen LogP contribution in [0.15, 0.2) is 72.1 Å². The first-order valence-corrected chi connectivity index (χ1v) is 9.07. The zero-order chi connectivity index (χ0) is 17.8. The van der Waals surface area contributed by atoms with E-state index >= 15 is 0 Å². The van der Waals surface area contributed by atoms with E-state index in [9.17, 15) is 13.5 Å². The van der Waals surface area contributed by atoms with Gasteiger partial charge >= 0.3 is 0 Å². The maximum Gasteiger partial charge on any atom is 0.179 e. The standard InChI is InChI=1S/C19H19NO3S/c1-3-19(2,14-24(22,23)17-7-5-4-6-8-17)18(21)16-11-9-15(13-20)10-12-16/h3-12,18,21H,1,14H2,2H3/t18-,19-/m0/s1. The van der Waals surface area contributed by atoms with E-state index in [-0.39, 0.29) is 10.6 Å². The van der Waals surface area contributed by atoms with Crippen molar-refractivity contribution in [2.45, 2.75) is 17.9 Å². The van der Waals surface area contributed by atoms with E-state index in [1.165, 1.54) is 18.2 Å². The van der Waals surface area contributed by atoms with Crippen molar-refractivity contribution in [3.63, 3.8) is 0 Å². The molecular weight excluding hydrogens is 322 g/mol. The maximum atomic E-state index is 12.6. The third kappa shape index (κ3) is 3.73. The summed E-state index contributed by atoms with van der Waals surface area (Å²) in [6, 6.07) is 16.6. The van der Waals surface area contributed by atoms with Crippen molar-refractivity contribution in [2.24, 2.45) is 5.41 Å². The molecule has 0 radical (unpaired) electrons. The predicted molar refractivity (Wildman–Crippen MR) is 92.9 cm³/mol. The average Bonchev–Trinajstić information content (AvgIpc) is 2.61. The first-order valence-electron chi connectivity index (χ1n) is 7.42. The fourth-order valence-electron chi connectivity index (χ4n) is 2.49. The van der Waals surface area contributed by atoms with Gasteiger partial charge in [0.1, 0.15) is 0 Å². The van der Waals surface area contributed by atoms with Gasteiger partial charge < -0.3 is 5.11 Å². The normalized spacial score (nSPS) is 15.0. The highest BCUT2D eigenvalue weighted by atomic mass is 32.2. The van der Waals surface area contributed by atoms with Gasteiger partial charge in [-0.3, -0.25) is 0 Å². The molecule has 24 heavy (non-hydrogen) atoms. The van der Waals surface area contributed by atoms with Crippen molar-refractivity contribution in [3.05, 3.63) is 78.4 Å².